The van der Waals surface area contributed by atoms with Crippen LogP contribution < -0.4 is 0 Å². The number of halogens is 3. The Morgan fingerprint density at radius 3 is 2.26 bits per heavy atom. The van der Waals surface area contributed by atoms with Gasteiger partial charge in [-0.1, -0.05) is 0 Å². The van der Waals surface area contributed by atoms with Crippen LogP contribution in [-0.4, -0.2) is 5.11 Å². The van der Waals surface area contributed by atoms with Crippen molar-refractivity contribution >= 4 is 15.9 Å². The Balaban J connectivity index is 2.72. The standard InChI is InChI=1S/C14H8BrF2NO/c1-7-12(16)4-9(5-13(7)17)10-2-8(6-18)3-11(15)14(10)19/h2-5,19H,1H3. The van der Waals surface area contributed by atoms with Gasteiger partial charge in [0.05, 0.1) is 16.1 Å². The van der Waals surface area contributed by atoms with E-state index in [1.807, 2.05) is 6.07 Å². The minimum Gasteiger partial charge on any atom is -0.506 e. The molecular weight excluding hydrogens is 316 g/mol. The summed E-state index contributed by atoms with van der Waals surface area (Å²) in [6, 6.07) is 6.98. The molecule has 0 heterocycles. The summed E-state index contributed by atoms with van der Waals surface area (Å²) < 4.78 is 27.4. The monoisotopic (exact) mass is 323 g/mol. The summed E-state index contributed by atoms with van der Waals surface area (Å²) in [7, 11) is 0. The molecule has 2 rings (SSSR count). The maximum atomic E-state index is 13.5. The molecule has 0 fully saturated rings. The summed E-state index contributed by atoms with van der Waals surface area (Å²) in [6.45, 7) is 1.33. The molecule has 0 aliphatic rings. The van der Waals surface area contributed by atoms with Crippen molar-refractivity contribution in [2.75, 3.05) is 0 Å². The van der Waals surface area contributed by atoms with Crippen molar-refractivity contribution < 1.29 is 13.9 Å². The minimum absolute atomic E-state index is 0.0845. The van der Waals surface area contributed by atoms with Crippen LogP contribution in [0, 0.1) is 29.9 Å². The Kier molecular flexibility index (Phi) is 3.54. The molecule has 0 bridgehead atoms. The second-order valence-electron chi connectivity index (χ2n) is 4.03. The van der Waals surface area contributed by atoms with Gasteiger partial charge in [-0.2, -0.15) is 5.26 Å². The zero-order valence-electron chi connectivity index (χ0n) is 9.84. The highest BCUT2D eigenvalue weighted by atomic mass is 79.9. The van der Waals surface area contributed by atoms with Gasteiger partial charge in [0.1, 0.15) is 17.4 Å². The Hall–Kier alpha value is -1.93. The highest BCUT2D eigenvalue weighted by Crippen LogP contribution is 2.37. The summed E-state index contributed by atoms with van der Waals surface area (Å²) >= 11 is 3.10. The van der Waals surface area contributed by atoms with Gasteiger partial charge in [0, 0.05) is 11.1 Å². The molecule has 0 spiro atoms. The molecule has 0 unspecified atom stereocenters. The summed E-state index contributed by atoms with van der Waals surface area (Å²) in [6.07, 6.45) is 0. The van der Waals surface area contributed by atoms with Crippen molar-refractivity contribution in [3.8, 4) is 22.9 Å². The maximum Gasteiger partial charge on any atom is 0.137 e. The van der Waals surface area contributed by atoms with Crippen LogP contribution in [0.3, 0.4) is 0 Å². The van der Waals surface area contributed by atoms with Gasteiger partial charge in [-0.25, -0.2) is 8.78 Å². The Bertz CT molecular complexity index is 684. The minimum atomic E-state index is -0.701. The molecule has 0 amide bonds. The normalized spacial score (nSPS) is 10.3. The lowest BCUT2D eigenvalue weighted by molar-refractivity contribution is 0.474. The first kappa shape index (κ1) is 13.5. The molecule has 96 valence electrons. The van der Waals surface area contributed by atoms with Gasteiger partial charge in [0.15, 0.2) is 0 Å². The van der Waals surface area contributed by atoms with Gasteiger partial charge in [-0.05, 0) is 52.7 Å². The highest BCUT2D eigenvalue weighted by Gasteiger charge is 2.14. The molecule has 0 aliphatic carbocycles. The van der Waals surface area contributed by atoms with E-state index >= 15 is 0 Å². The fraction of sp³-hybridized carbons (Fsp3) is 0.0714. The Morgan fingerprint density at radius 1 is 1.16 bits per heavy atom. The maximum absolute atomic E-state index is 13.5. The van der Waals surface area contributed by atoms with E-state index in [-0.39, 0.29) is 28.0 Å². The number of phenolic OH excluding ortho intramolecular Hbond substituents is 1. The molecule has 2 nitrogen and oxygen atoms in total. The van der Waals surface area contributed by atoms with Gasteiger partial charge in [0.25, 0.3) is 0 Å². The summed E-state index contributed by atoms with van der Waals surface area (Å²) in [5, 5.41) is 18.8. The number of aromatic hydroxyl groups is 1. The molecule has 0 radical (unpaired) electrons. The van der Waals surface area contributed by atoms with E-state index in [0.717, 1.165) is 12.1 Å². The van der Waals surface area contributed by atoms with Crippen LogP contribution in [0.2, 0.25) is 0 Å². The van der Waals surface area contributed by atoms with Crippen molar-refractivity contribution in [2.24, 2.45) is 0 Å². The second-order valence-corrected chi connectivity index (χ2v) is 4.89. The molecule has 5 heteroatoms. The summed E-state index contributed by atoms with van der Waals surface area (Å²) in [5.74, 6) is -1.57. The molecule has 0 saturated heterocycles. The summed E-state index contributed by atoms with van der Waals surface area (Å²) in [5.41, 5.74) is 0.569. The number of nitrogens with zero attached hydrogens (tertiary/aromatic N) is 1. The first-order valence-corrected chi connectivity index (χ1v) is 6.12. The lowest BCUT2D eigenvalue weighted by atomic mass is 10.0. The van der Waals surface area contributed by atoms with Gasteiger partial charge >= 0.3 is 0 Å². The van der Waals surface area contributed by atoms with E-state index in [4.69, 9.17) is 5.26 Å². The topological polar surface area (TPSA) is 44.0 Å². The van der Waals surface area contributed by atoms with Crippen molar-refractivity contribution in [3.05, 3.63) is 51.5 Å². The molecular formula is C14H8BrF2NO. The van der Waals surface area contributed by atoms with Crippen LogP contribution in [0.4, 0.5) is 8.78 Å². The third-order valence-electron chi connectivity index (χ3n) is 2.78. The molecule has 2 aromatic carbocycles. The quantitative estimate of drug-likeness (QED) is 0.851. The molecule has 2 aromatic rings. The number of hydrogen-bond donors (Lipinski definition) is 1. The first-order valence-electron chi connectivity index (χ1n) is 5.32. The van der Waals surface area contributed by atoms with E-state index in [1.54, 1.807) is 0 Å². The van der Waals surface area contributed by atoms with Crippen LogP contribution in [-0.2, 0) is 0 Å². The van der Waals surface area contributed by atoms with E-state index in [0.29, 0.717) is 4.47 Å². The van der Waals surface area contributed by atoms with Gasteiger partial charge < -0.3 is 5.11 Å². The van der Waals surface area contributed by atoms with Crippen LogP contribution >= 0.6 is 15.9 Å². The average Bonchev–Trinajstić information content (AvgIpc) is 2.38. The number of nitriles is 1. The zero-order chi connectivity index (χ0) is 14.2. The zero-order valence-corrected chi connectivity index (χ0v) is 11.4. The van der Waals surface area contributed by atoms with E-state index < -0.39 is 11.6 Å². The van der Waals surface area contributed by atoms with Crippen molar-refractivity contribution in [3.63, 3.8) is 0 Å². The van der Waals surface area contributed by atoms with Gasteiger partial charge in [-0.15, -0.1) is 0 Å². The largest absolute Gasteiger partial charge is 0.506 e. The number of hydrogen-bond acceptors (Lipinski definition) is 2. The van der Waals surface area contributed by atoms with Gasteiger partial charge in [-0.3, -0.25) is 0 Å². The predicted octanol–water partition coefficient (Wildman–Crippen LogP) is 4.28. The molecule has 19 heavy (non-hydrogen) atoms. The molecule has 0 aliphatic heterocycles. The molecule has 0 saturated carbocycles. The van der Waals surface area contributed by atoms with Crippen LogP contribution in [0.25, 0.3) is 11.1 Å². The Morgan fingerprint density at radius 2 is 1.74 bits per heavy atom. The average molecular weight is 324 g/mol. The third-order valence-corrected chi connectivity index (χ3v) is 3.39. The lowest BCUT2D eigenvalue weighted by Crippen LogP contribution is -1.92. The fourth-order valence-electron chi connectivity index (χ4n) is 1.68. The first-order chi connectivity index (χ1) is 8.93. The van der Waals surface area contributed by atoms with Crippen LogP contribution in [0.15, 0.2) is 28.7 Å². The van der Waals surface area contributed by atoms with Crippen molar-refractivity contribution in [1.82, 2.24) is 0 Å². The van der Waals surface area contributed by atoms with Gasteiger partial charge in [0.2, 0.25) is 0 Å². The summed E-state index contributed by atoms with van der Waals surface area (Å²) in [4.78, 5) is 0. The number of benzene rings is 2. The molecule has 0 atom stereocenters. The molecule has 1 N–H and O–H groups in total. The van der Waals surface area contributed by atoms with Crippen LogP contribution in [0.1, 0.15) is 11.1 Å². The third kappa shape index (κ3) is 2.45. The smallest absolute Gasteiger partial charge is 0.137 e. The highest BCUT2D eigenvalue weighted by molar-refractivity contribution is 9.10. The van der Waals surface area contributed by atoms with E-state index in [2.05, 4.69) is 15.9 Å². The van der Waals surface area contributed by atoms with Crippen molar-refractivity contribution in [1.29, 1.82) is 5.26 Å². The predicted molar refractivity (Wildman–Crippen MR) is 70.6 cm³/mol. The number of phenols is 1. The van der Waals surface area contributed by atoms with E-state index in [9.17, 15) is 13.9 Å². The van der Waals surface area contributed by atoms with Crippen molar-refractivity contribution in [2.45, 2.75) is 6.92 Å². The van der Waals surface area contributed by atoms with Crippen LogP contribution in [0.5, 0.6) is 5.75 Å². The SMILES string of the molecule is Cc1c(F)cc(-c2cc(C#N)cc(Br)c2O)cc1F. The van der Waals surface area contributed by atoms with E-state index in [1.165, 1.54) is 19.1 Å². The Labute approximate surface area is 117 Å². The lowest BCUT2D eigenvalue weighted by Gasteiger charge is -2.09. The molecule has 0 aromatic heterocycles. The number of rotatable bonds is 1. The second kappa shape index (κ2) is 4.98. The fourth-order valence-corrected chi connectivity index (χ4v) is 2.14.